The quantitative estimate of drug-likeness (QED) is 0.357. The van der Waals surface area contributed by atoms with Crippen LogP contribution < -0.4 is 11.5 Å². The smallest absolute Gasteiger partial charge is 0.317 e. The van der Waals surface area contributed by atoms with Gasteiger partial charge in [0.15, 0.2) is 0 Å². The molecule has 0 aliphatic rings. The third kappa shape index (κ3) is 5.46. The second-order valence-corrected chi connectivity index (χ2v) is 2.84. The molecule has 82 valence electrons. The number of aliphatic carboxylic acids is 2. The minimum Gasteiger partial charge on any atom is -0.480 e. The number of nitrogens with zero attached hydrogens (tertiary/aromatic N) is 1. The van der Waals surface area contributed by atoms with Crippen LogP contribution in [-0.4, -0.2) is 52.9 Å². The fourth-order valence-corrected chi connectivity index (χ4v) is 0.991. The molecule has 1 atom stereocenters. The predicted octanol–water partition coefficient (Wildman–Crippen LogP) is -1.91. The molecule has 14 heavy (non-hydrogen) atoms. The molecule has 0 aromatic heterocycles. The summed E-state index contributed by atoms with van der Waals surface area (Å²) < 4.78 is 0. The minimum atomic E-state index is -1.11. The highest BCUT2D eigenvalue weighted by molar-refractivity contribution is 5.72. The van der Waals surface area contributed by atoms with Gasteiger partial charge in [-0.1, -0.05) is 0 Å². The van der Waals surface area contributed by atoms with Crippen LogP contribution in [0.1, 0.15) is 6.42 Å². The summed E-state index contributed by atoms with van der Waals surface area (Å²) in [5, 5.41) is 17.0. The second kappa shape index (κ2) is 6.30. The van der Waals surface area contributed by atoms with E-state index in [1.165, 1.54) is 0 Å². The molecule has 0 amide bonds. The van der Waals surface area contributed by atoms with Crippen LogP contribution in [-0.2, 0) is 9.59 Å². The summed E-state index contributed by atoms with van der Waals surface area (Å²) in [4.78, 5) is 21.9. The SMILES string of the molecule is NCCC(N)N(CC(=O)O)CC(=O)O. The van der Waals surface area contributed by atoms with E-state index in [4.69, 9.17) is 21.7 Å². The Hall–Kier alpha value is -1.18. The molecule has 0 heterocycles. The second-order valence-electron chi connectivity index (χ2n) is 2.84. The fraction of sp³-hybridized carbons (Fsp3) is 0.714. The number of carboxylic acids is 2. The first kappa shape index (κ1) is 12.8. The summed E-state index contributed by atoms with van der Waals surface area (Å²) >= 11 is 0. The van der Waals surface area contributed by atoms with Crippen LogP contribution in [0, 0.1) is 0 Å². The van der Waals surface area contributed by atoms with Gasteiger partial charge in [0, 0.05) is 0 Å². The molecule has 0 aromatic rings. The van der Waals surface area contributed by atoms with E-state index in [0.717, 1.165) is 4.90 Å². The van der Waals surface area contributed by atoms with Gasteiger partial charge in [-0.05, 0) is 13.0 Å². The molecule has 7 heteroatoms. The average Bonchev–Trinajstić information content (AvgIpc) is 2.01. The van der Waals surface area contributed by atoms with Gasteiger partial charge in [0.2, 0.25) is 0 Å². The number of carboxylic acid groups (broad SMARTS) is 2. The van der Waals surface area contributed by atoms with Gasteiger partial charge in [-0.15, -0.1) is 0 Å². The fourth-order valence-electron chi connectivity index (χ4n) is 0.991. The summed E-state index contributed by atoms with van der Waals surface area (Å²) in [6, 6.07) is 0. The summed E-state index contributed by atoms with van der Waals surface area (Å²) in [7, 11) is 0. The minimum absolute atomic E-state index is 0.289. The zero-order chi connectivity index (χ0) is 11.1. The standard InChI is InChI=1S/C7H15N3O4/c8-2-1-5(9)10(3-6(11)12)4-7(13)14/h5H,1-4,8-9H2,(H,11,12)(H,13,14). The third-order valence-electron chi connectivity index (χ3n) is 1.61. The summed E-state index contributed by atoms with van der Waals surface area (Å²) in [5.41, 5.74) is 10.8. The third-order valence-corrected chi connectivity index (χ3v) is 1.61. The van der Waals surface area contributed by atoms with Gasteiger partial charge in [-0.25, -0.2) is 0 Å². The average molecular weight is 205 g/mol. The molecule has 0 aliphatic heterocycles. The van der Waals surface area contributed by atoms with Gasteiger partial charge in [-0.3, -0.25) is 14.5 Å². The lowest BCUT2D eigenvalue weighted by molar-refractivity contribution is -0.142. The molecule has 6 N–H and O–H groups in total. The molecule has 0 saturated heterocycles. The number of nitrogens with two attached hydrogens (primary N) is 2. The number of carbonyl (C=O) groups is 2. The van der Waals surface area contributed by atoms with E-state index in [2.05, 4.69) is 0 Å². The molecule has 0 rings (SSSR count). The largest absolute Gasteiger partial charge is 0.480 e. The molecule has 0 spiro atoms. The van der Waals surface area contributed by atoms with Crippen molar-refractivity contribution in [2.75, 3.05) is 19.6 Å². The molecular formula is C7H15N3O4. The maximum atomic E-state index is 10.4. The number of hydrogen-bond donors (Lipinski definition) is 4. The van der Waals surface area contributed by atoms with Crippen LogP contribution in [0.3, 0.4) is 0 Å². The van der Waals surface area contributed by atoms with Crippen LogP contribution in [0.2, 0.25) is 0 Å². The van der Waals surface area contributed by atoms with Crippen molar-refractivity contribution in [3.63, 3.8) is 0 Å². The highest BCUT2D eigenvalue weighted by Gasteiger charge is 2.19. The zero-order valence-corrected chi connectivity index (χ0v) is 7.72. The maximum absolute atomic E-state index is 10.4. The maximum Gasteiger partial charge on any atom is 0.317 e. The molecule has 0 aromatic carbocycles. The Balaban J connectivity index is 4.21. The van der Waals surface area contributed by atoms with E-state index in [1.54, 1.807) is 0 Å². The van der Waals surface area contributed by atoms with Crippen LogP contribution in [0.15, 0.2) is 0 Å². The van der Waals surface area contributed by atoms with Crippen LogP contribution in [0.25, 0.3) is 0 Å². The molecule has 0 aliphatic carbocycles. The van der Waals surface area contributed by atoms with Gasteiger partial charge >= 0.3 is 11.9 Å². The van der Waals surface area contributed by atoms with E-state index in [1.807, 2.05) is 0 Å². The molecule has 1 unspecified atom stereocenters. The van der Waals surface area contributed by atoms with Gasteiger partial charge in [0.05, 0.1) is 19.3 Å². The van der Waals surface area contributed by atoms with Crippen molar-refractivity contribution in [2.45, 2.75) is 12.6 Å². The lowest BCUT2D eigenvalue weighted by atomic mass is 10.3. The summed E-state index contributed by atoms with van der Waals surface area (Å²) in [5.74, 6) is -2.22. The van der Waals surface area contributed by atoms with Crippen molar-refractivity contribution in [2.24, 2.45) is 11.5 Å². The monoisotopic (exact) mass is 205 g/mol. The van der Waals surface area contributed by atoms with E-state index >= 15 is 0 Å². The van der Waals surface area contributed by atoms with Crippen molar-refractivity contribution in [1.29, 1.82) is 0 Å². The Kier molecular flexibility index (Phi) is 5.77. The lowest BCUT2D eigenvalue weighted by Gasteiger charge is -2.24. The van der Waals surface area contributed by atoms with Crippen LogP contribution in [0.5, 0.6) is 0 Å². The molecule has 7 nitrogen and oxygen atoms in total. The predicted molar refractivity (Wildman–Crippen MR) is 48.5 cm³/mol. The van der Waals surface area contributed by atoms with Gasteiger partial charge in [0.1, 0.15) is 0 Å². The highest BCUT2D eigenvalue weighted by atomic mass is 16.4. The van der Waals surface area contributed by atoms with Crippen LogP contribution in [0.4, 0.5) is 0 Å². The molecule has 0 saturated carbocycles. The van der Waals surface area contributed by atoms with Crippen molar-refractivity contribution in [1.82, 2.24) is 4.90 Å². The molecule has 0 bridgehead atoms. The van der Waals surface area contributed by atoms with E-state index in [-0.39, 0.29) is 6.54 Å². The van der Waals surface area contributed by atoms with Gasteiger partial charge < -0.3 is 21.7 Å². The van der Waals surface area contributed by atoms with Crippen molar-refractivity contribution in [3.05, 3.63) is 0 Å². The lowest BCUT2D eigenvalue weighted by Crippen LogP contribution is -2.48. The Morgan fingerprint density at radius 3 is 1.93 bits per heavy atom. The van der Waals surface area contributed by atoms with Gasteiger partial charge in [-0.2, -0.15) is 0 Å². The Morgan fingerprint density at radius 1 is 1.21 bits per heavy atom. The van der Waals surface area contributed by atoms with Crippen molar-refractivity contribution in [3.8, 4) is 0 Å². The molecule has 0 fully saturated rings. The Bertz CT molecular complexity index is 193. The van der Waals surface area contributed by atoms with Crippen molar-refractivity contribution < 1.29 is 19.8 Å². The first-order chi connectivity index (χ1) is 6.47. The summed E-state index contributed by atoms with van der Waals surface area (Å²) in [6.07, 6.45) is -0.271. The van der Waals surface area contributed by atoms with E-state index < -0.39 is 31.2 Å². The van der Waals surface area contributed by atoms with E-state index in [0.29, 0.717) is 6.42 Å². The highest BCUT2D eigenvalue weighted by Crippen LogP contribution is 1.97. The first-order valence-corrected chi connectivity index (χ1v) is 4.10. The van der Waals surface area contributed by atoms with Crippen LogP contribution >= 0.6 is 0 Å². The first-order valence-electron chi connectivity index (χ1n) is 4.10. The molecular weight excluding hydrogens is 190 g/mol. The topological polar surface area (TPSA) is 130 Å². The van der Waals surface area contributed by atoms with Gasteiger partial charge in [0.25, 0.3) is 0 Å². The zero-order valence-electron chi connectivity index (χ0n) is 7.72. The van der Waals surface area contributed by atoms with E-state index in [9.17, 15) is 9.59 Å². The Morgan fingerprint density at radius 2 is 1.64 bits per heavy atom. The Labute approximate surface area is 81.3 Å². The number of hydrogen-bond acceptors (Lipinski definition) is 5. The van der Waals surface area contributed by atoms with Crippen molar-refractivity contribution >= 4 is 11.9 Å². The number of rotatable bonds is 7. The normalized spacial score (nSPS) is 12.8. The molecule has 0 radical (unpaired) electrons. The summed E-state index contributed by atoms with van der Waals surface area (Å²) in [6.45, 7) is -0.502.